The van der Waals surface area contributed by atoms with Crippen LogP contribution in [0.3, 0.4) is 0 Å². The second-order valence-corrected chi connectivity index (χ2v) is 4.80. The van der Waals surface area contributed by atoms with Crippen molar-refractivity contribution >= 4 is 27.5 Å². The van der Waals surface area contributed by atoms with Crippen molar-refractivity contribution in [2.75, 3.05) is 5.73 Å². The fraction of sp³-hybridized carbons (Fsp3) is 0.364. The topological polar surface area (TPSA) is 55.1 Å². The van der Waals surface area contributed by atoms with E-state index in [4.69, 9.17) is 5.73 Å². The predicted molar refractivity (Wildman–Crippen MR) is 63.4 cm³/mol. The molecule has 0 unspecified atom stereocenters. The van der Waals surface area contributed by atoms with Gasteiger partial charge in [-0.3, -0.25) is 4.79 Å². The summed E-state index contributed by atoms with van der Waals surface area (Å²) in [7, 11) is 0. The van der Waals surface area contributed by atoms with E-state index in [1.807, 2.05) is 19.1 Å². The Balaban J connectivity index is 2.39. The van der Waals surface area contributed by atoms with Crippen LogP contribution in [0.2, 0.25) is 0 Å². The Morgan fingerprint density at radius 2 is 2.27 bits per heavy atom. The largest absolute Gasteiger partial charge is 0.398 e. The number of nitrogens with two attached hydrogens (primary N) is 1. The lowest BCUT2D eigenvalue weighted by Gasteiger charge is -2.15. The van der Waals surface area contributed by atoms with Crippen molar-refractivity contribution in [1.82, 2.24) is 5.32 Å². The molecule has 1 atom stereocenters. The molecule has 0 aliphatic carbocycles. The first-order valence-electron chi connectivity index (χ1n) is 4.93. The van der Waals surface area contributed by atoms with Crippen LogP contribution in [0, 0.1) is 6.92 Å². The molecule has 80 valence electrons. The Bertz CT molecular complexity index is 417. The van der Waals surface area contributed by atoms with Crippen molar-refractivity contribution in [3.8, 4) is 0 Å². The van der Waals surface area contributed by atoms with E-state index in [1.165, 1.54) is 0 Å². The van der Waals surface area contributed by atoms with E-state index in [2.05, 4.69) is 21.2 Å². The maximum absolute atomic E-state index is 11.1. The highest BCUT2D eigenvalue weighted by Crippen LogP contribution is 2.32. The molecule has 3 nitrogen and oxygen atoms in total. The number of rotatable bonds is 1. The van der Waals surface area contributed by atoms with E-state index in [0.29, 0.717) is 6.42 Å². The lowest BCUT2D eigenvalue weighted by atomic mass is 10.0. The SMILES string of the molecule is Cc1cc(Br)cc([C@H]2CCC(=O)N2)c1N. The maximum atomic E-state index is 11.1. The molecule has 1 aromatic rings. The molecule has 0 bridgehead atoms. The molecule has 4 heteroatoms. The zero-order chi connectivity index (χ0) is 11.0. The summed E-state index contributed by atoms with van der Waals surface area (Å²) in [5.41, 5.74) is 8.85. The molecule has 0 saturated carbocycles. The molecular weight excluding hydrogens is 256 g/mol. The quantitative estimate of drug-likeness (QED) is 0.768. The van der Waals surface area contributed by atoms with E-state index in [-0.39, 0.29) is 11.9 Å². The Morgan fingerprint density at radius 1 is 1.53 bits per heavy atom. The monoisotopic (exact) mass is 268 g/mol. The van der Waals surface area contributed by atoms with Gasteiger partial charge in [0.25, 0.3) is 0 Å². The van der Waals surface area contributed by atoms with E-state index in [9.17, 15) is 4.79 Å². The zero-order valence-corrected chi connectivity index (χ0v) is 10.1. The maximum Gasteiger partial charge on any atom is 0.220 e. The number of amides is 1. The van der Waals surface area contributed by atoms with Crippen LogP contribution in [0.4, 0.5) is 5.69 Å². The van der Waals surface area contributed by atoms with Gasteiger partial charge in [-0.2, -0.15) is 0 Å². The summed E-state index contributed by atoms with van der Waals surface area (Å²) in [6.45, 7) is 1.97. The number of halogens is 1. The number of hydrogen-bond acceptors (Lipinski definition) is 2. The molecule has 1 aliphatic heterocycles. The summed E-state index contributed by atoms with van der Waals surface area (Å²) in [4.78, 5) is 11.1. The van der Waals surface area contributed by atoms with E-state index in [1.54, 1.807) is 0 Å². The summed E-state index contributed by atoms with van der Waals surface area (Å²) < 4.78 is 1.00. The van der Waals surface area contributed by atoms with Crippen LogP contribution < -0.4 is 11.1 Å². The van der Waals surface area contributed by atoms with Gasteiger partial charge in [-0.05, 0) is 36.6 Å². The van der Waals surface area contributed by atoms with Crippen molar-refractivity contribution in [3.05, 3.63) is 27.7 Å². The highest BCUT2D eigenvalue weighted by Gasteiger charge is 2.24. The molecular formula is C11H13BrN2O. The van der Waals surface area contributed by atoms with Crippen LogP contribution in [0.25, 0.3) is 0 Å². The standard InChI is InChI=1S/C11H13BrN2O/c1-6-4-7(12)5-8(11(6)13)9-2-3-10(15)14-9/h4-5,9H,2-3,13H2,1H3,(H,14,15)/t9-/m1/s1. The van der Waals surface area contributed by atoms with Gasteiger partial charge >= 0.3 is 0 Å². The number of carbonyl (C=O) groups is 1. The van der Waals surface area contributed by atoms with Gasteiger partial charge in [0, 0.05) is 16.6 Å². The Morgan fingerprint density at radius 3 is 2.87 bits per heavy atom. The van der Waals surface area contributed by atoms with Crippen molar-refractivity contribution < 1.29 is 4.79 Å². The number of aryl methyl sites for hydroxylation is 1. The molecule has 1 fully saturated rings. The van der Waals surface area contributed by atoms with Crippen LogP contribution in [0.5, 0.6) is 0 Å². The summed E-state index contributed by atoms with van der Waals surface area (Å²) in [6.07, 6.45) is 1.43. The van der Waals surface area contributed by atoms with E-state index >= 15 is 0 Å². The van der Waals surface area contributed by atoms with E-state index in [0.717, 1.165) is 27.7 Å². The minimum atomic E-state index is 0.0775. The van der Waals surface area contributed by atoms with Crippen LogP contribution in [0.1, 0.15) is 30.0 Å². The lowest BCUT2D eigenvalue weighted by Crippen LogP contribution is -2.19. The van der Waals surface area contributed by atoms with Crippen LogP contribution in [-0.2, 0) is 4.79 Å². The second-order valence-electron chi connectivity index (χ2n) is 3.88. The molecule has 1 heterocycles. The average molecular weight is 269 g/mol. The fourth-order valence-electron chi connectivity index (χ4n) is 1.92. The van der Waals surface area contributed by atoms with E-state index < -0.39 is 0 Å². The van der Waals surface area contributed by atoms with Crippen molar-refractivity contribution in [3.63, 3.8) is 0 Å². The molecule has 2 rings (SSSR count). The Labute approximate surface area is 97.2 Å². The number of hydrogen-bond donors (Lipinski definition) is 2. The molecule has 1 aliphatic rings. The molecule has 1 amide bonds. The van der Waals surface area contributed by atoms with Crippen LogP contribution >= 0.6 is 15.9 Å². The first-order chi connectivity index (χ1) is 7.08. The number of nitrogen functional groups attached to an aromatic ring is 1. The number of anilines is 1. The van der Waals surface area contributed by atoms with Crippen molar-refractivity contribution in [2.45, 2.75) is 25.8 Å². The third kappa shape index (κ3) is 2.00. The van der Waals surface area contributed by atoms with Gasteiger partial charge in [0.1, 0.15) is 0 Å². The normalized spacial score (nSPS) is 20.4. The molecule has 0 radical (unpaired) electrons. The highest BCUT2D eigenvalue weighted by atomic mass is 79.9. The summed E-state index contributed by atoms with van der Waals surface area (Å²) in [6, 6.07) is 4.04. The zero-order valence-electron chi connectivity index (χ0n) is 8.51. The number of carbonyl (C=O) groups excluding carboxylic acids is 1. The third-order valence-electron chi connectivity index (χ3n) is 2.75. The minimum Gasteiger partial charge on any atom is -0.398 e. The van der Waals surface area contributed by atoms with Crippen LogP contribution in [0.15, 0.2) is 16.6 Å². The number of nitrogens with one attached hydrogen (secondary N) is 1. The summed E-state index contributed by atoms with van der Waals surface area (Å²) in [5, 5.41) is 2.93. The smallest absolute Gasteiger partial charge is 0.220 e. The highest BCUT2D eigenvalue weighted by molar-refractivity contribution is 9.10. The van der Waals surface area contributed by atoms with Gasteiger partial charge in [-0.1, -0.05) is 15.9 Å². The Hall–Kier alpha value is -1.03. The molecule has 1 saturated heterocycles. The second kappa shape index (κ2) is 3.85. The first kappa shape index (κ1) is 10.5. The Kier molecular flexibility index (Phi) is 2.69. The van der Waals surface area contributed by atoms with Gasteiger partial charge in [0.05, 0.1) is 6.04 Å². The minimum absolute atomic E-state index is 0.0775. The molecule has 15 heavy (non-hydrogen) atoms. The molecule has 0 spiro atoms. The molecule has 1 aromatic carbocycles. The number of benzene rings is 1. The fourth-order valence-corrected chi connectivity index (χ4v) is 2.51. The van der Waals surface area contributed by atoms with Gasteiger partial charge in [-0.15, -0.1) is 0 Å². The predicted octanol–water partition coefficient (Wildman–Crippen LogP) is 2.29. The van der Waals surface area contributed by atoms with Gasteiger partial charge in [0.15, 0.2) is 0 Å². The lowest BCUT2D eigenvalue weighted by molar-refractivity contribution is -0.119. The van der Waals surface area contributed by atoms with Gasteiger partial charge in [0.2, 0.25) is 5.91 Å². The average Bonchev–Trinajstić information content (AvgIpc) is 2.58. The molecule has 0 aromatic heterocycles. The first-order valence-corrected chi connectivity index (χ1v) is 5.72. The van der Waals surface area contributed by atoms with Gasteiger partial charge in [-0.25, -0.2) is 0 Å². The van der Waals surface area contributed by atoms with Gasteiger partial charge < -0.3 is 11.1 Å². The van der Waals surface area contributed by atoms with Crippen LogP contribution in [-0.4, -0.2) is 5.91 Å². The van der Waals surface area contributed by atoms with Crippen molar-refractivity contribution in [1.29, 1.82) is 0 Å². The third-order valence-corrected chi connectivity index (χ3v) is 3.21. The van der Waals surface area contributed by atoms with Crippen molar-refractivity contribution in [2.24, 2.45) is 0 Å². The molecule has 3 N–H and O–H groups in total. The summed E-state index contributed by atoms with van der Waals surface area (Å²) >= 11 is 3.44. The summed E-state index contributed by atoms with van der Waals surface area (Å²) in [5.74, 6) is 0.108.